The second-order valence-electron chi connectivity index (χ2n) is 6.07. The van der Waals surface area contributed by atoms with Crippen LogP contribution >= 0.6 is 0 Å². The van der Waals surface area contributed by atoms with Crippen molar-refractivity contribution in [3.8, 4) is 0 Å². The van der Waals surface area contributed by atoms with Crippen molar-refractivity contribution in [2.24, 2.45) is 5.92 Å². The third kappa shape index (κ3) is 2.22. The van der Waals surface area contributed by atoms with Gasteiger partial charge in [-0.3, -0.25) is 10.1 Å². The molecule has 1 amide bonds. The number of benzene rings is 1. The maximum atomic E-state index is 13.5. The fourth-order valence-corrected chi connectivity index (χ4v) is 3.57. The van der Waals surface area contributed by atoms with Gasteiger partial charge in [0.15, 0.2) is 0 Å². The summed E-state index contributed by atoms with van der Waals surface area (Å²) in [5, 5.41) is 3.30. The summed E-state index contributed by atoms with van der Waals surface area (Å²) in [5.41, 5.74) is 0.835. The number of halogens is 1. The zero-order chi connectivity index (χ0) is 14.3. The Bertz CT molecular complexity index is 519. The van der Waals surface area contributed by atoms with E-state index in [2.05, 4.69) is 12.2 Å². The SMILES string of the molecule is CC1NC(c2cccc(F)c2)N(C2CCCC2C)C1=O. The van der Waals surface area contributed by atoms with Crippen LogP contribution in [0.1, 0.15) is 44.8 Å². The molecule has 1 heterocycles. The zero-order valence-corrected chi connectivity index (χ0v) is 12.0. The van der Waals surface area contributed by atoms with Crippen molar-refractivity contribution >= 4 is 5.91 Å². The van der Waals surface area contributed by atoms with E-state index in [1.165, 1.54) is 25.0 Å². The quantitative estimate of drug-likeness (QED) is 0.901. The molecule has 0 bridgehead atoms. The van der Waals surface area contributed by atoms with Crippen molar-refractivity contribution in [1.29, 1.82) is 0 Å². The lowest BCUT2D eigenvalue weighted by Gasteiger charge is -2.33. The first-order valence-electron chi connectivity index (χ1n) is 7.41. The van der Waals surface area contributed by atoms with Crippen molar-refractivity contribution in [2.75, 3.05) is 0 Å². The number of hydrogen-bond acceptors (Lipinski definition) is 2. The molecule has 1 aromatic carbocycles. The molecule has 0 aromatic heterocycles. The summed E-state index contributed by atoms with van der Waals surface area (Å²) >= 11 is 0. The summed E-state index contributed by atoms with van der Waals surface area (Å²) in [5.74, 6) is 0.399. The smallest absolute Gasteiger partial charge is 0.241 e. The molecule has 1 aliphatic heterocycles. The van der Waals surface area contributed by atoms with Crippen LogP contribution in [-0.4, -0.2) is 22.9 Å². The third-order valence-corrected chi connectivity index (χ3v) is 4.65. The molecule has 4 atom stereocenters. The molecule has 4 unspecified atom stereocenters. The zero-order valence-electron chi connectivity index (χ0n) is 12.0. The van der Waals surface area contributed by atoms with E-state index in [1.807, 2.05) is 17.9 Å². The van der Waals surface area contributed by atoms with Crippen LogP contribution in [0.4, 0.5) is 4.39 Å². The highest BCUT2D eigenvalue weighted by atomic mass is 19.1. The number of nitrogens with one attached hydrogen (secondary N) is 1. The summed E-state index contributed by atoms with van der Waals surface area (Å²) < 4.78 is 13.5. The van der Waals surface area contributed by atoms with Gasteiger partial charge in [0.1, 0.15) is 12.0 Å². The second kappa shape index (κ2) is 5.17. The monoisotopic (exact) mass is 276 g/mol. The molecule has 2 aliphatic rings. The highest BCUT2D eigenvalue weighted by Gasteiger charge is 2.43. The molecule has 2 fully saturated rings. The summed E-state index contributed by atoms with van der Waals surface area (Å²) in [7, 11) is 0. The van der Waals surface area contributed by atoms with Gasteiger partial charge < -0.3 is 4.90 Å². The van der Waals surface area contributed by atoms with Crippen LogP contribution in [0.15, 0.2) is 24.3 Å². The van der Waals surface area contributed by atoms with Gasteiger partial charge in [-0.05, 0) is 43.4 Å². The Kier molecular flexibility index (Phi) is 3.50. The number of nitrogens with zero attached hydrogens (tertiary/aromatic N) is 1. The predicted octanol–water partition coefficient (Wildman–Crippen LogP) is 2.83. The highest BCUT2D eigenvalue weighted by molar-refractivity contribution is 5.84. The maximum Gasteiger partial charge on any atom is 0.241 e. The van der Waals surface area contributed by atoms with E-state index in [9.17, 15) is 9.18 Å². The molecule has 1 aliphatic carbocycles. The fraction of sp³-hybridized carbons (Fsp3) is 0.562. The molecule has 3 nitrogen and oxygen atoms in total. The highest BCUT2D eigenvalue weighted by Crippen LogP contribution is 2.37. The lowest BCUT2D eigenvalue weighted by Crippen LogP contribution is -2.41. The van der Waals surface area contributed by atoms with E-state index in [1.54, 1.807) is 6.07 Å². The Morgan fingerprint density at radius 1 is 1.30 bits per heavy atom. The molecule has 0 radical (unpaired) electrons. The summed E-state index contributed by atoms with van der Waals surface area (Å²) in [6.45, 7) is 4.09. The van der Waals surface area contributed by atoms with Crippen LogP contribution in [0.25, 0.3) is 0 Å². The van der Waals surface area contributed by atoms with Crippen molar-refractivity contribution in [1.82, 2.24) is 10.2 Å². The Labute approximate surface area is 119 Å². The Balaban J connectivity index is 1.94. The average Bonchev–Trinajstić information content (AvgIpc) is 2.95. The topological polar surface area (TPSA) is 32.3 Å². The van der Waals surface area contributed by atoms with E-state index in [4.69, 9.17) is 0 Å². The van der Waals surface area contributed by atoms with Crippen molar-refractivity contribution in [3.63, 3.8) is 0 Å². The van der Waals surface area contributed by atoms with E-state index in [0.29, 0.717) is 5.92 Å². The van der Waals surface area contributed by atoms with E-state index in [-0.39, 0.29) is 30.0 Å². The van der Waals surface area contributed by atoms with Gasteiger partial charge in [-0.25, -0.2) is 4.39 Å². The van der Waals surface area contributed by atoms with Crippen LogP contribution in [0.3, 0.4) is 0 Å². The fourth-order valence-electron chi connectivity index (χ4n) is 3.57. The lowest BCUT2D eigenvalue weighted by atomic mass is 10.0. The number of carbonyl (C=O) groups is 1. The molecule has 4 heteroatoms. The first-order valence-corrected chi connectivity index (χ1v) is 7.41. The minimum absolute atomic E-state index is 0.137. The first kappa shape index (κ1) is 13.6. The molecule has 3 rings (SSSR count). The largest absolute Gasteiger partial charge is 0.318 e. The maximum absolute atomic E-state index is 13.5. The number of amides is 1. The van der Waals surface area contributed by atoms with E-state index < -0.39 is 0 Å². The first-order chi connectivity index (χ1) is 9.58. The molecule has 1 saturated heterocycles. The van der Waals surface area contributed by atoms with Gasteiger partial charge in [0, 0.05) is 6.04 Å². The van der Waals surface area contributed by atoms with E-state index in [0.717, 1.165) is 12.0 Å². The average molecular weight is 276 g/mol. The van der Waals surface area contributed by atoms with Gasteiger partial charge in [0.2, 0.25) is 5.91 Å². The molecule has 1 N–H and O–H groups in total. The van der Waals surface area contributed by atoms with Gasteiger partial charge in [-0.2, -0.15) is 0 Å². The lowest BCUT2D eigenvalue weighted by molar-refractivity contribution is -0.132. The molecule has 20 heavy (non-hydrogen) atoms. The molecule has 108 valence electrons. The Hall–Kier alpha value is -1.42. The molecule has 1 aromatic rings. The summed E-state index contributed by atoms with van der Waals surface area (Å²) in [4.78, 5) is 14.4. The Morgan fingerprint density at radius 2 is 2.10 bits per heavy atom. The van der Waals surface area contributed by atoms with Gasteiger partial charge in [0.05, 0.1) is 6.04 Å². The van der Waals surface area contributed by atoms with Crippen LogP contribution < -0.4 is 5.32 Å². The predicted molar refractivity (Wildman–Crippen MR) is 75.4 cm³/mol. The third-order valence-electron chi connectivity index (χ3n) is 4.65. The minimum Gasteiger partial charge on any atom is -0.318 e. The van der Waals surface area contributed by atoms with Crippen molar-refractivity contribution in [3.05, 3.63) is 35.6 Å². The summed E-state index contributed by atoms with van der Waals surface area (Å²) in [6, 6.07) is 6.63. The van der Waals surface area contributed by atoms with E-state index >= 15 is 0 Å². The van der Waals surface area contributed by atoms with Gasteiger partial charge in [-0.1, -0.05) is 25.5 Å². The molecule has 1 saturated carbocycles. The summed E-state index contributed by atoms with van der Waals surface area (Å²) in [6.07, 6.45) is 3.19. The van der Waals surface area contributed by atoms with Crippen LogP contribution in [0.5, 0.6) is 0 Å². The molecular weight excluding hydrogens is 255 g/mol. The van der Waals surface area contributed by atoms with Crippen LogP contribution in [-0.2, 0) is 4.79 Å². The number of rotatable bonds is 2. The molecule has 0 spiro atoms. The van der Waals surface area contributed by atoms with Crippen LogP contribution in [0.2, 0.25) is 0 Å². The second-order valence-corrected chi connectivity index (χ2v) is 6.07. The number of carbonyl (C=O) groups excluding carboxylic acids is 1. The van der Waals surface area contributed by atoms with Crippen molar-refractivity contribution in [2.45, 2.75) is 51.4 Å². The van der Waals surface area contributed by atoms with Gasteiger partial charge in [-0.15, -0.1) is 0 Å². The number of hydrogen-bond donors (Lipinski definition) is 1. The standard InChI is InChI=1S/C16H21FN2O/c1-10-5-3-8-14(10)19-15(18-11(2)16(19)20)12-6-4-7-13(17)9-12/h4,6-7,9-11,14-15,18H,3,5,8H2,1-2H3. The van der Waals surface area contributed by atoms with Gasteiger partial charge >= 0.3 is 0 Å². The van der Waals surface area contributed by atoms with Crippen LogP contribution in [0, 0.1) is 11.7 Å². The minimum atomic E-state index is -0.254. The van der Waals surface area contributed by atoms with Gasteiger partial charge in [0.25, 0.3) is 0 Å². The van der Waals surface area contributed by atoms with Crippen molar-refractivity contribution < 1.29 is 9.18 Å². The Morgan fingerprint density at radius 3 is 2.75 bits per heavy atom. The molecular formula is C16H21FN2O. The normalized spacial score (nSPS) is 34.0.